The van der Waals surface area contributed by atoms with Crippen LogP contribution in [0.25, 0.3) is 0 Å². The van der Waals surface area contributed by atoms with E-state index in [2.05, 4.69) is 12.2 Å². The van der Waals surface area contributed by atoms with Gasteiger partial charge in [0.2, 0.25) is 5.91 Å². The molecule has 5 nitrogen and oxygen atoms in total. The van der Waals surface area contributed by atoms with Crippen LogP contribution in [0, 0.1) is 24.6 Å². The Hall–Kier alpha value is -2.11. The largest absolute Gasteiger partial charge is 0.342 e. The molecule has 1 atom stereocenters. The second-order valence-electron chi connectivity index (χ2n) is 7.68. The number of aryl methyl sites for hydroxylation is 1. The topological polar surface area (TPSA) is 52.7 Å². The molecule has 0 aromatic heterocycles. The number of carbonyl (C=O) groups excluding carboxylic acids is 2. The van der Waals surface area contributed by atoms with Crippen LogP contribution in [0.4, 0.5) is 14.9 Å². The van der Waals surface area contributed by atoms with Crippen molar-refractivity contribution in [2.45, 2.75) is 39.5 Å². The number of amides is 3. The zero-order valence-corrected chi connectivity index (χ0v) is 15.6. The monoisotopic (exact) mass is 361 g/mol. The SMILES string of the molecule is Cc1ccc(F)cc1NC(=O)N1CCC(C(=O)N2CCCC(C)C2)CC1. The Bertz CT molecular complexity index is 671. The maximum Gasteiger partial charge on any atom is 0.321 e. The molecular weight excluding hydrogens is 333 g/mol. The maximum atomic E-state index is 13.4. The number of halogens is 1. The number of rotatable bonds is 2. The van der Waals surface area contributed by atoms with E-state index >= 15 is 0 Å². The third-order valence-electron chi connectivity index (χ3n) is 5.54. The summed E-state index contributed by atoms with van der Waals surface area (Å²) in [7, 11) is 0. The fourth-order valence-electron chi connectivity index (χ4n) is 3.90. The molecule has 3 amide bonds. The van der Waals surface area contributed by atoms with Crippen LogP contribution in [0.3, 0.4) is 0 Å². The summed E-state index contributed by atoms with van der Waals surface area (Å²) in [5, 5.41) is 2.79. The van der Waals surface area contributed by atoms with Crippen LogP contribution in [-0.2, 0) is 4.79 Å². The van der Waals surface area contributed by atoms with E-state index in [1.165, 1.54) is 18.6 Å². The molecule has 2 heterocycles. The summed E-state index contributed by atoms with van der Waals surface area (Å²) >= 11 is 0. The molecule has 0 aliphatic carbocycles. The first-order chi connectivity index (χ1) is 12.4. The molecule has 2 saturated heterocycles. The Labute approximate surface area is 154 Å². The maximum absolute atomic E-state index is 13.4. The highest BCUT2D eigenvalue weighted by molar-refractivity contribution is 5.90. The molecule has 2 aliphatic heterocycles. The molecule has 0 bridgehead atoms. The fourth-order valence-corrected chi connectivity index (χ4v) is 3.90. The van der Waals surface area contributed by atoms with Crippen molar-refractivity contribution in [3.05, 3.63) is 29.6 Å². The summed E-state index contributed by atoms with van der Waals surface area (Å²) in [6.07, 6.45) is 3.67. The summed E-state index contributed by atoms with van der Waals surface area (Å²) in [4.78, 5) is 28.9. The predicted octanol–water partition coefficient (Wildman–Crippen LogP) is 3.64. The number of hydrogen-bond acceptors (Lipinski definition) is 2. The zero-order chi connectivity index (χ0) is 18.7. The summed E-state index contributed by atoms with van der Waals surface area (Å²) in [6, 6.07) is 4.14. The summed E-state index contributed by atoms with van der Waals surface area (Å²) in [5.41, 5.74) is 1.32. The van der Waals surface area contributed by atoms with Gasteiger partial charge < -0.3 is 15.1 Å². The van der Waals surface area contributed by atoms with E-state index in [1.807, 2.05) is 11.8 Å². The quantitative estimate of drug-likeness (QED) is 0.874. The molecular formula is C20H28FN3O2. The first kappa shape index (κ1) is 18.7. The fraction of sp³-hybridized carbons (Fsp3) is 0.600. The van der Waals surface area contributed by atoms with Crippen molar-refractivity contribution in [2.24, 2.45) is 11.8 Å². The molecule has 2 aliphatic rings. The van der Waals surface area contributed by atoms with Crippen LogP contribution in [0.15, 0.2) is 18.2 Å². The summed E-state index contributed by atoms with van der Waals surface area (Å²) in [6.45, 7) is 6.86. The molecule has 2 fully saturated rings. The van der Waals surface area contributed by atoms with E-state index in [1.54, 1.807) is 11.0 Å². The van der Waals surface area contributed by atoms with Gasteiger partial charge in [0.1, 0.15) is 5.82 Å². The van der Waals surface area contributed by atoms with Gasteiger partial charge in [-0.3, -0.25) is 4.79 Å². The van der Waals surface area contributed by atoms with Crippen molar-refractivity contribution >= 4 is 17.6 Å². The van der Waals surface area contributed by atoms with Gasteiger partial charge >= 0.3 is 6.03 Å². The molecule has 1 aromatic carbocycles. The highest BCUT2D eigenvalue weighted by Crippen LogP contribution is 2.24. The number of piperidine rings is 2. The van der Waals surface area contributed by atoms with Crippen LogP contribution in [-0.4, -0.2) is 47.9 Å². The average Bonchev–Trinajstić information content (AvgIpc) is 2.64. The van der Waals surface area contributed by atoms with Crippen LogP contribution in [0.5, 0.6) is 0 Å². The van der Waals surface area contributed by atoms with Gasteiger partial charge in [-0.05, 0) is 56.2 Å². The number of nitrogens with one attached hydrogen (secondary N) is 1. The lowest BCUT2D eigenvalue weighted by molar-refractivity contribution is -0.138. The minimum absolute atomic E-state index is 0.0141. The molecule has 0 saturated carbocycles. The Morgan fingerprint density at radius 1 is 1.12 bits per heavy atom. The molecule has 26 heavy (non-hydrogen) atoms. The van der Waals surface area contributed by atoms with Crippen molar-refractivity contribution < 1.29 is 14.0 Å². The smallest absolute Gasteiger partial charge is 0.321 e. The van der Waals surface area contributed by atoms with Gasteiger partial charge in [-0.1, -0.05) is 13.0 Å². The van der Waals surface area contributed by atoms with Gasteiger partial charge in [0, 0.05) is 37.8 Å². The number of anilines is 1. The first-order valence-electron chi connectivity index (χ1n) is 9.55. The Morgan fingerprint density at radius 2 is 1.85 bits per heavy atom. The third-order valence-corrected chi connectivity index (χ3v) is 5.54. The van der Waals surface area contributed by atoms with Gasteiger partial charge in [0.15, 0.2) is 0 Å². The first-order valence-corrected chi connectivity index (χ1v) is 9.55. The van der Waals surface area contributed by atoms with E-state index < -0.39 is 0 Å². The highest BCUT2D eigenvalue weighted by Gasteiger charge is 2.31. The van der Waals surface area contributed by atoms with Gasteiger partial charge in [-0.25, -0.2) is 9.18 Å². The molecule has 1 unspecified atom stereocenters. The van der Waals surface area contributed by atoms with Crippen molar-refractivity contribution in [3.8, 4) is 0 Å². The van der Waals surface area contributed by atoms with Crippen LogP contribution in [0.1, 0.15) is 38.2 Å². The number of urea groups is 1. The van der Waals surface area contributed by atoms with Crippen LogP contribution < -0.4 is 5.32 Å². The minimum Gasteiger partial charge on any atom is -0.342 e. The number of carbonyl (C=O) groups is 2. The Balaban J connectivity index is 1.52. The molecule has 1 aromatic rings. The molecule has 142 valence electrons. The normalized spacial score (nSPS) is 21.6. The van der Waals surface area contributed by atoms with Crippen LogP contribution in [0.2, 0.25) is 0 Å². The van der Waals surface area contributed by atoms with Gasteiger partial charge in [0.05, 0.1) is 0 Å². The van der Waals surface area contributed by atoms with Crippen molar-refractivity contribution in [3.63, 3.8) is 0 Å². The lowest BCUT2D eigenvalue weighted by Gasteiger charge is -2.37. The van der Waals surface area contributed by atoms with E-state index in [4.69, 9.17) is 0 Å². The van der Waals surface area contributed by atoms with E-state index in [-0.39, 0.29) is 23.7 Å². The second-order valence-corrected chi connectivity index (χ2v) is 7.68. The van der Waals surface area contributed by atoms with Gasteiger partial charge in [-0.2, -0.15) is 0 Å². The lowest BCUT2D eigenvalue weighted by atomic mass is 9.93. The third kappa shape index (κ3) is 4.34. The van der Waals surface area contributed by atoms with Crippen molar-refractivity contribution in [1.82, 2.24) is 9.80 Å². The summed E-state index contributed by atoms with van der Waals surface area (Å²) < 4.78 is 13.4. The molecule has 6 heteroatoms. The van der Waals surface area contributed by atoms with E-state index in [0.717, 1.165) is 25.1 Å². The Kier molecular flexibility index (Phi) is 5.79. The predicted molar refractivity (Wildman–Crippen MR) is 99.4 cm³/mol. The number of nitrogens with zero attached hydrogens (tertiary/aromatic N) is 2. The number of benzene rings is 1. The lowest BCUT2D eigenvalue weighted by Crippen LogP contribution is -2.47. The molecule has 3 rings (SSSR count). The molecule has 0 radical (unpaired) electrons. The van der Waals surface area contributed by atoms with Crippen molar-refractivity contribution in [2.75, 3.05) is 31.5 Å². The molecule has 1 N–H and O–H groups in total. The van der Waals surface area contributed by atoms with Gasteiger partial charge in [-0.15, -0.1) is 0 Å². The van der Waals surface area contributed by atoms with Crippen molar-refractivity contribution in [1.29, 1.82) is 0 Å². The average molecular weight is 361 g/mol. The Morgan fingerprint density at radius 3 is 2.54 bits per heavy atom. The highest BCUT2D eigenvalue weighted by atomic mass is 19.1. The number of likely N-dealkylation sites (tertiary alicyclic amines) is 2. The second kappa shape index (κ2) is 8.06. The van der Waals surface area contributed by atoms with E-state index in [9.17, 15) is 14.0 Å². The van der Waals surface area contributed by atoms with E-state index in [0.29, 0.717) is 37.5 Å². The minimum atomic E-state index is -0.369. The van der Waals surface area contributed by atoms with Crippen LogP contribution >= 0.6 is 0 Å². The summed E-state index contributed by atoms with van der Waals surface area (Å²) in [5.74, 6) is 0.469. The standard InChI is InChI=1S/C20H28FN3O2/c1-14-4-3-9-24(13-14)19(25)16-7-10-23(11-8-16)20(26)22-18-12-17(21)6-5-15(18)2/h5-6,12,14,16H,3-4,7-11,13H2,1-2H3,(H,22,26). The zero-order valence-electron chi connectivity index (χ0n) is 15.6. The molecule has 0 spiro atoms. The number of hydrogen-bond donors (Lipinski definition) is 1. The van der Waals surface area contributed by atoms with Gasteiger partial charge in [0.25, 0.3) is 0 Å².